The Morgan fingerprint density at radius 3 is 2.20 bits per heavy atom. The van der Waals surface area contributed by atoms with Crippen molar-refractivity contribution in [3.8, 4) is 0 Å². The summed E-state index contributed by atoms with van der Waals surface area (Å²) in [6, 6.07) is 21.4. The molecule has 0 saturated carbocycles. The number of benzene rings is 2. The molecule has 104 valence electrons. The molecule has 0 N–H and O–H groups in total. The van der Waals surface area contributed by atoms with Crippen LogP contribution < -0.4 is 4.46 Å². The van der Waals surface area contributed by atoms with Crippen molar-refractivity contribution in [1.29, 1.82) is 0 Å². The van der Waals surface area contributed by atoms with Crippen molar-refractivity contribution in [3.63, 3.8) is 0 Å². The first kappa shape index (κ1) is 14.8. The topological polar surface area (TPSA) is 15.6 Å². The first-order valence-corrected chi connectivity index (χ1v) is 8.55. The van der Waals surface area contributed by atoms with Crippen LogP contribution in [0.5, 0.6) is 0 Å². The van der Waals surface area contributed by atoms with Crippen molar-refractivity contribution in [2.75, 3.05) is 14.1 Å². The molecule has 20 heavy (non-hydrogen) atoms. The summed E-state index contributed by atoms with van der Waals surface area (Å²) in [7, 11) is 3.93. The van der Waals surface area contributed by atoms with Gasteiger partial charge in [-0.1, -0.05) is 0 Å². The zero-order valence-corrected chi connectivity index (χ0v) is 13.7. The van der Waals surface area contributed by atoms with Crippen LogP contribution in [0.15, 0.2) is 65.8 Å². The van der Waals surface area contributed by atoms with Crippen LogP contribution in [0.3, 0.4) is 0 Å². The molecule has 0 aliphatic rings. The molecule has 0 aliphatic heterocycles. The summed E-state index contributed by atoms with van der Waals surface area (Å²) in [5, 5.41) is 6.30. The van der Waals surface area contributed by atoms with Gasteiger partial charge in [0, 0.05) is 0 Å². The van der Waals surface area contributed by atoms with Gasteiger partial charge in [0.15, 0.2) is 0 Å². The van der Waals surface area contributed by atoms with Crippen LogP contribution in [0.1, 0.15) is 5.56 Å². The summed E-state index contributed by atoms with van der Waals surface area (Å²) in [5.41, 5.74) is 1.38. The van der Waals surface area contributed by atoms with E-state index in [4.69, 9.17) is 0 Å². The Kier molecular flexibility index (Phi) is 5.85. The second kappa shape index (κ2) is 7.88. The minimum atomic E-state index is 0.399. The number of hydrazone groups is 1. The predicted octanol–water partition coefficient (Wildman–Crippen LogP) is 2.59. The van der Waals surface area contributed by atoms with Gasteiger partial charge >= 0.3 is 127 Å². The van der Waals surface area contributed by atoms with Gasteiger partial charge in [0.2, 0.25) is 0 Å². The Hall–Kier alpha value is -1.57. The second-order valence-electron chi connectivity index (χ2n) is 4.77. The monoisotopic (exact) mass is 332 g/mol. The molecular formula is C17H20N2Se. The fraction of sp³-hybridized carbons (Fsp3) is 0.235. The Balaban J connectivity index is 2.08. The molecule has 2 rings (SSSR count). The SMILES string of the molecule is CN(C)/N=C/C(Cc1ccccc1)[Se]c1ccccc1. The van der Waals surface area contributed by atoms with Crippen molar-refractivity contribution in [2.45, 2.75) is 11.2 Å². The van der Waals surface area contributed by atoms with E-state index in [0.717, 1.165) is 6.42 Å². The first-order valence-electron chi connectivity index (χ1n) is 6.71. The second-order valence-corrected chi connectivity index (χ2v) is 7.52. The van der Waals surface area contributed by atoms with Crippen LogP contribution in [0.25, 0.3) is 0 Å². The van der Waals surface area contributed by atoms with E-state index in [0.29, 0.717) is 19.8 Å². The van der Waals surface area contributed by atoms with Gasteiger partial charge in [0.25, 0.3) is 0 Å². The van der Waals surface area contributed by atoms with Gasteiger partial charge in [-0.3, -0.25) is 0 Å². The fourth-order valence-corrected chi connectivity index (χ4v) is 4.07. The summed E-state index contributed by atoms with van der Waals surface area (Å²) in [6.07, 6.45) is 3.15. The molecule has 0 fully saturated rings. The van der Waals surface area contributed by atoms with Crippen LogP contribution in [0, 0.1) is 0 Å². The average molecular weight is 331 g/mol. The van der Waals surface area contributed by atoms with Crippen molar-refractivity contribution in [1.82, 2.24) is 5.01 Å². The maximum atomic E-state index is 4.44. The van der Waals surface area contributed by atoms with Gasteiger partial charge in [-0.2, -0.15) is 0 Å². The molecule has 3 heteroatoms. The van der Waals surface area contributed by atoms with Crippen molar-refractivity contribution in [2.24, 2.45) is 5.10 Å². The van der Waals surface area contributed by atoms with Crippen LogP contribution in [-0.4, -0.2) is 40.3 Å². The zero-order chi connectivity index (χ0) is 14.2. The Morgan fingerprint density at radius 1 is 1.00 bits per heavy atom. The van der Waals surface area contributed by atoms with Crippen molar-refractivity contribution < 1.29 is 0 Å². The van der Waals surface area contributed by atoms with E-state index < -0.39 is 0 Å². The van der Waals surface area contributed by atoms with Gasteiger partial charge in [0.05, 0.1) is 0 Å². The van der Waals surface area contributed by atoms with E-state index in [1.807, 2.05) is 19.1 Å². The van der Waals surface area contributed by atoms with Crippen LogP contribution >= 0.6 is 0 Å². The third-order valence-electron chi connectivity index (χ3n) is 2.77. The van der Waals surface area contributed by atoms with E-state index in [1.165, 1.54) is 10.0 Å². The summed E-state index contributed by atoms with van der Waals surface area (Å²) < 4.78 is 1.42. The quantitative estimate of drug-likeness (QED) is 0.451. The normalized spacial score (nSPS) is 12.5. The molecule has 0 radical (unpaired) electrons. The zero-order valence-electron chi connectivity index (χ0n) is 11.9. The number of rotatable bonds is 6. The van der Waals surface area contributed by atoms with Gasteiger partial charge in [0.1, 0.15) is 0 Å². The van der Waals surface area contributed by atoms with Gasteiger partial charge in [-0.05, 0) is 0 Å². The molecule has 2 aromatic rings. The molecule has 0 bridgehead atoms. The molecule has 1 unspecified atom stereocenters. The van der Waals surface area contributed by atoms with Gasteiger partial charge in [-0.15, -0.1) is 0 Å². The summed E-state index contributed by atoms with van der Waals surface area (Å²) in [6.45, 7) is 0. The Morgan fingerprint density at radius 2 is 1.60 bits per heavy atom. The van der Waals surface area contributed by atoms with Crippen molar-refractivity contribution in [3.05, 3.63) is 66.2 Å². The molecule has 2 nitrogen and oxygen atoms in total. The summed E-state index contributed by atoms with van der Waals surface area (Å²) in [5.74, 6) is 0. The molecule has 0 heterocycles. The average Bonchev–Trinajstić information content (AvgIpc) is 2.47. The fourth-order valence-electron chi connectivity index (χ4n) is 1.85. The van der Waals surface area contributed by atoms with E-state index in [1.54, 1.807) is 0 Å². The molecule has 0 aliphatic carbocycles. The minimum absolute atomic E-state index is 0.399. The van der Waals surface area contributed by atoms with Gasteiger partial charge in [-0.25, -0.2) is 0 Å². The molecular weight excluding hydrogens is 311 g/mol. The van der Waals surface area contributed by atoms with Crippen molar-refractivity contribution >= 4 is 25.6 Å². The molecule has 2 aromatic carbocycles. The summed E-state index contributed by atoms with van der Waals surface area (Å²) >= 11 is 0.399. The Bertz CT molecular complexity index is 482. The standard InChI is InChI=1S/C17H20N2Se/c1-19(2)18-14-17(13-15-9-5-3-6-10-15)20-16-11-7-4-8-12-16/h3-12,14,17H,13H2,1-2H3/b18-14+. The van der Waals surface area contributed by atoms with E-state index >= 15 is 0 Å². The van der Waals surface area contributed by atoms with E-state index in [9.17, 15) is 0 Å². The Labute approximate surface area is 127 Å². The number of hydrogen-bond acceptors (Lipinski definition) is 2. The molecule has 0 spiro atoms. The molecule has 0 amide bonds. The third-order valence-corrected chi connectivity index (χ3v) is 5.16. The first-order chi connectivity index (χ1) is 9.74. The number of hydrogen-bond donors (Lipinski definition) is 0. The van der Waals surface area contributed by atoms with E-state index in [2.05, 4.69) is 72.0 Å². The molecule has 0 aromatic heterocycles. The predicted molar refractivity (Wildman–Crippen MR) is 87.9 cm³/mol. The molecule has 1 atom stereocenters. The molecule has 0 saturated heterocycles. The van der Waals surface area contributed by atoms with Crippen LogP contribution in [0.2, 0.25) is 4.82 Å². The van der Waals surface area contributed by atoms with E-state index in [-0.39, 0.29) is 0 Å². The third kappa shape index (κ3) is 5.20. The van der Waals surface area contributed by atoms with Crippen LogP contribution in [0.4, 0.5) is 0 Å². The summed E-state index contributed by atoms with van der Waals surface area (Å²) in [4.78, 5) is 0.481. The number of nitrogens with zero attached hydrogens (tertiary/aromatic N) is 2. The van der Waals surface area contributed by atoms with Gasteiger partial charge < -0.3 is 0 Å². The van der Waals surface area contributed by atoms with Crippen LogP contribution in [-0.2, 0) is 6.42 Å². The maximum absolute atomic E-state index is 4.44.